The zero-order valence-corrected chi connectivity index (χ0v) is 18.8. The second kappa shape index (κ2) is 15.2. The van der Waals surface area contributed by atoms with Gasteiger partial charge in [-0.3, -0.25) is 0 Å². The fourth-order valence-electron chi connectivity index (χ4n) is 4.31. The van der Waals surface area contributed by atoms with Crippen LogP contribution in [-0.4, -0.2) is 32.7 Å². The van der Waals surface area contributed by atoms with Crippen LogP contribution in [0.2, 0.25) is 12.6 Å². The van der Waals surface area contributed by atoms with E-state index in [1.165, 1.54) is 115 Å². The van der Waals surface area contributed by atoms with Crippen LogP contribution < -0.4 is 0 Å². The van der Waals surface area contributed by atoms with Crippen molar-refractivity contribution in [1.82, 2.24) is 4.57 Å². The normalized spacial score (nSPS) is 21.2. The Labute approximate surface area is 160 Å². The van der Waals surface area contributed by atoms with Crippen LogP contribution in [0.25, 0.3) is 0 Å². The molecule has 150 valence electrons. The maximum Gasteiger partial charge on any atom is 0.268 e. The van der Waals surface area contributed by atoms with Gasteiger partial charge in [0.2, 0.25) is 0 Å². The van der Waals surface area contributed by atoms with Gasteiger partial charge in [-0.2, -0.15) is 0 Å². The van der Waals surface area contributed by atoms with Gasteiger partial charge in [0.1, 0.15) is 0 Å². The number of hydrogen-bond donors (Lipinski definition) is 0. The second-order valence-electron chi connectivity index (χ2n) is 8.29. The van der Waals surface area contributed by atoms with E-state index in [1.54, 1.807) is 0 Å². The molecule has 0 N–H and O–H groups in total. The fraction of sp³-hybridized carbons (Fsp3) is 1.00. The van der Waals surface area contributed by atoms with Crippen molar-refractivity contribution in [2.45, 2.75) is 123 Å². The minimum Gasteiger partial charge on any atom is -0.403 e. The van der Waals surface area contributed by atoms with Crippen LogP contribution in [0.4, 0.5) is 0 Å². The van der Waals surface area contributed by atoms with Crippen LogP contribution >= 0.6 is 0 Å². The molecular weight excluding hydrogens is 322 g/mol. The Bertz CT molecular complexity index is 300. The van der Waals surface area contributed by atoms with Crippen LogP contribution in [0, 0.1) is 0 Å². The van der Waals surface area contributed by atoms with Crippen molar-refractivity contribution in [3.05, 3.63) is 0 Å². The Morgan fingerprint density at radius 1 is 0.720 bits per heavy atom. The summed E-state index contributed by atoms with van der Waals surface area (Å²) in [6.45, 7) is 10.4. The summed E-state index contributed by atoms with van der Waals surface area (Å²) < 4.78 is 8.86. The summed E-state index contributed by atoms with van der Waals surface area (Å²) in [6, 6.07) is 1.35. The molecule has 3 heteroatoms. The summed E-state index contributed by atoms with van der Waals surface area (Å²) in [5.74, 6) is 0. The first-order valence-corrected chi connectivity index (χ1v) is 14.2. The highest BCUT2D eigenvalue weighted by Gasteiger charge is 2.40. The van der Waals surface area contributed by atoms with E-state index >= 15 is 0 Å². The van der Waals surface area contributed by atoms with Crippen molar-refractivity contribution in [3.8, 4) is 0 Å². The van der Waals surface area contributed by atoms with Crippen LogP contribution in [-0.2, 0) is 4.43 Å². The van der Waals surface area contributed by atoms with Gasteiger partial charge >= 0.3 is 0 Å². The molecule has 0 aromatic carbocycles. The first kappa shape index (κ1) is 23.2. The molecule has 1 atom stereocenters. The summed E-state index contributed by atoms with van der Waals surface area (Å²) in [7, 11) is -1.49. The van der Waals surface area contributed by atoms with Crippen LogP contribution in [0.1, 0.15) is 110 Å². The van der Waals surface area contributed by atoms with E-state index in [2.05, 4.69) is 25.0 Å². The molecule has 25 heavy (non-hydrogen) atoms. The van der Waals surface area contributed by atoms with Gasteiger partial charge in [0, 0.05) is 6.61 Å². The van der Waals surface area contributed by atoms with Gasteiger partial charge in [0.25, 0.3) is 8.48 Å². The Hall–Kier alpha value is 0.137. The molecule has 1 unspecified atom stereocenters. The van der Waals surface area contributed by atoms with E-state index in [0.29, 0.717) is 0 Å². The van der Waals surface area contributed by atoms with E-state index in [0.717, 1.165) is 6.61 Å². The van der Waals surface area contributed by atoms with Crippen molar-refractivity contribution >= 4 is 8.48 Å². The lowest BCUT2D eigenvalue weighted by molar-refractivity contribution is 0.267. The quantitative estimate of drug-likeness (QED) is 0.197. The molecule has 0 aromatic heterocycles. The Kier molecular flexibility index (Phi) is 14.1. The monoisotopic (exact) mass is 369 g/mol. The SMILES string of the molecule is CCCCCCCCCCCCCCCCN1CCC[Si]1(C)OCC. The average Bonchev–Trinajstić information content (AvgIpc) is 2.96. The topological polar surface area (TPSA) is 12.5 Å². The van der Waals surface area contributed by atoms with Crippen molar-refractivity contribution in [1.29, 1.82) is 0 Å². The van der Waals surface area contributed by atoms with Gasteiger partial charge in [0.05, 0.1) is 0 Å². The highest BCUT2D eigenvalue weighted by Crippen LogP contribution is 2.27. The van der Waals surface area contributed by atoms with Gasteiger partial charge in [-0.15, -0.1) is 0 Å². The molecule has 1 aliphatic rings. The first-order chi connectivity index (χ1) is 12.2. The Morgan fingerprint density at radius 3 is 1.68 bits per heavy atom. The van der Waals surface area contributed by atoms with Crippen LogP contribution in [0.3, 0.4) is 0 Å². The largest absolute Gasteiger partial charge is 0.403 e. The van der Waals surface area contributed by atoms with Gasteiger partial charge in [0.15, 0.2) is 0 Å². The zero-order chi connectivity index (χ0) is 18.2. The van der Waals surface area contributed by atoms with Crippen molar-refractivity contribution < 1.29 is 4.43 Å². The number of unbranched alkanes of at least 4 members (excludes halogenated alkanes) is 13. The fourth-order valence-corrected chi connectivity index (χ4v) is 7.65. The van der Waals surface area contributed by atoms with Crippen molar-refractivity contribution in [2.24, 2.45) is 0 Å². The van der Waals surface area contributed by atoms with Gasteiger partial charge in [-0.05, 0) is 45.4 Å². The molecular formula is C22H47NOSi. The highest BCUT2D eigenvalue weighted by atomic mass is 28.4. The highest BCUT2D eigenvalue weighted by molar-refractivity contribution is 6.70. The predicted molar refractivity (Wildman–Crippen MR) is 115 cm³/mol. The average molecular weight is 370 g/mol. The maximum absolute atomic E-state index is 6.14. The summed E-state index contributed by atoms with van der Waals surface area (Å²) in [5.41, 5.74) is 0. The lowest BCUT2D eigenvalue weighted by atomic mass is 10.0. The lowest BCUT2D eigenvalue weighted by Gasteiger charge is -2.32. The predicted octanol–water partition coefficient (Wildman–Crippen LogP) is 7.28. The van der Waals surface area contributed by atoms with Gasteiger partial charge < -0.3 is 8.99 Å². The molecule has 0 aliphatic carbocycles. The molecule has 1 heterocycles. The Balaban J connectivity index is 1.83. The molecule has 2 nitrogen and oxygen atoms in total. The van der Waals surface area contributed by atoms with Crippen LogP contribution in [0.5, 0.6) is 0 Å². The summed E-state index contributed by atoms with van der Waals surface area (Å²) in [6.07, 6.45) is 21.6. The number of rotatable bonds is 17. The van der Waals surface area contributed by atoms with Gasteiger partial charge in [-0.1, -0.05) is 90.4 Å². The van der Waals surface area contributed by atoms with E-state index in [-0.39, 0.29) is 0 Å². The molecule has 0 amide bonds. The molecule has 0 radical (unpaired) electrons. The molecule has 0 saturated carbocycles. The van der Waals surface area contributed by atoms with Crippen molar-refractivity contribution in [3.63, 3.8) is 0 Å². The molecule has 1 saturated heterocycles. The van der Waals surface area contributed by atoms with Crippen molar-refractivity contribution in [2.75, 3.05) is 19.7 Å². The summed E-state index contributed by atoms with van der Waals surface area (Å²) in [5, 5.41) is 0. The van der Waals surface area contributed by atoms with E-state index in [9.17, 15) is 0 Å². The molecule has 0 bridgehead atoms. The number of hydrogen-bond acceptors (Lipinski definition) is 2. The molecule has 0 aromatic rings. The molecule has 1 rings (SSSR count). The van der Waals surface area contributed by atoms with Crippen LogP contribution in [0.15, 0.2) is 0 Å². The minimum absolute atomic E-state index is 0.901. The standard InChI is InChI=1S/C22H47NOSi/c1-4-6-7-8-9-10-11-12-13-14-15-16-17-18-20-23-21-19-22-25(23,3)24-5-2/h4-22H2,1-3H3. The lowest BCUT2D eigenvalue weighted by Crippen LogP contribution is -2.49. The van der Waals surface area contributed by atoms with E-state index in [4.69, 9.17) is 4.43 Å². The molecule has 0 spiro atoms. The van der Waals surface area contributed by atoms with E-state index in [1.807, 2.05) is 0 Å². The molecule has 1 aliphatic heterocycles. The second-order valence-corrected chi connectivity index (χ2v) is 12.1. The number of nitrogens with zero attached hydrogens (tertiary/aromatic N) is 1. The summed E-state index contributed by atoms with van der Waals surface area (Å²) in [4.78, 5) is 0. The van der Waals surface area contributed by atoms with Gasteiger partial charge in [-0.25, -0.2) is 0 Å². The Morgan fingerprint density at radius 2 is 1.20 bits per heavy atom. The summed E-state index contributed by atoms with van der Waals surface area (Å²) >= 11 is 0. The smallest absolute Gasteiger partial charge is 0.268 e. The van der Waals surface area contributed by atoms with E-state index < -0.39 is 8.48 Å². The third-order valence-corrected chi connectivity index (χ3v) is 9.95. The first-order valence-electron chi connectivity index (χ1n) is 11.6. The third kappa shape index (κ3) is 10.8. The third-order valence-electron chi connectivity index (χ3n) is 5.97. The maximum atomic E-state index is 6.14. The zero-order valence-electron chi connectivity index (χ0n) is 17.8. The minimum atomic E-state index is -1.49. The molecule has 1 fully saturated rings.